The molecule has 180 valence electrons. The van der Waals surface area contributed by atoms with Crippen molar-refractivity contribution in [3.8, 4) is 0 Å². The van der Waals surface area contributed by atoms with Gasteiger partial charge in [0.1, 0.15) is 0 Å². The van der Waals surface area contributed by atoms with Crippen molar-refractivity contribution in [1.82, 2.24) is 15.1 Å². The lowest BCUT2D eigenvalue weighted by molar-refractivity contribution is 0.0657. The first kappa shape index (κ1) is 25.8. The van der Waals surface area contributed by atoms with Gasteiger partial charge in [0, 0.05) is 39.8 Å². The van der Waals surface area contributed by atoms with Crippen LogP contribution in [0.3, 0.4) is 0 Å². The number of hydrogen-bond donors (Lipinski definition) is 1. The van der Waals surface area contributed by atoms with Gasteiger partial charge >= 0.3 is 0 Å². The van der Waals surface area contributed by atoms with E-state index in [1.54, 1.807) is 19.2 Å². The Balaban J connectivity index is 0.00000324. The molecule has 1 saturated heterocycles. The molecule has 0 spiro atoms. The van der Waals surface area contributed by atoms with Crippen molar-refractivity contribution in [2.24, 2.45) is 4.99 Å². The second kappa shape index (κ2) is 13.1. The largest absolute Gasteiger partial charge is 0.459 e. The molecule has 0 saturated carbocycles. The van der Waals surface area contributed by atoms with Gasteiger partial charge in [0.25, 0.3) is 5.91 Å². The second-order valence-corrected chi connectivity index (χ2v) is 7.90. The van der Waals surface area contributed by atoms with Crippen LogP contribution < -0.4 is 5.32 Å². The molecule has 1 aliphatic heterocycles. The molecular formula is C26H31IN4O3. The molecule has 0 bridgehead atoms. The Labute approximate surface area is 217 Å². The normalized spacial score (nSPS) is 14.0. The maximum absolute atomic E-state index is 12.5. The molecule has 1 fully saturated rings. The van der Waals surface area contributed by atoms with Gasteiger partial charge in [-0.15, -0.1) is 24.0 Å². The van der Waals surface area contributed by atoms with E-state index in [0.29, 0.717) is 51.7 Å². The summed E-state index contributed by atoms with van der Waals surface area (Å²) < 4.78 is 11.2. The van der Waals surface area contributed by atoms with Crippen molar-refractivity contribution in [2.75, 3.05) is 33.2 Å². The van der Waals surface area contributed by atoms with E-state index in [-0.39, 0.29) is 29.9 Å². The van der Waals surface area contributed by atoms with Crippen molar-refractivity contribution < 1.29 is 13.9 Å². The number of nitrogens with one attached hydrogen (secondary N) is 1. The Morgan fingerprint density at radius 1 is 0.912 bits per heavy atom. The molecule has 1 amide bonds. The number of ether oxygens (including phenoxy) is 1. The lowest BCUT2D eigenvalue weighted by Crippen LogP contribution is -2.53. The first-order chi connectivity index (χ1) is 16.2. The van der Waals surface area contributed by atoms with Crippen LogP contribution in [0, 0.1) is 0 Å². The number of furan rings is 1. The van der Waals surface area contributed by atoms with Crippen LogP contribution in [0.25, 0.3) is 0 Å². The molecule has 7 nitrogen and oxygen atoms in total. The quantitative estimate of drug-likeness (QED) is 0.261. The first-order valence-electron chi connectivity index (χ1n) is 11.2. The summed E-state index contributed by atoms with van der Waals surface area (Å²) in [5.74, 6) is 1.16. The fourth-order valence-corrected chi connectivity index (χ4v) is 3.91. The highest BCUT2D eigenvalue weighted by Crippen LogP contribution is 2.13. The summed E-state index contributed by atoms with van der Waals surface area (Å²) in [5.41, 5.74) is 3.50. The summed E-state index contributed by atoms with van der Waals surface area (Å²) in [6, 6.07) is 21.9. The topological polar surface area (TPSA) is 70.3 Å². The van der Waals surface area contributed by atoms with Crippen LogP contribution >= 0.6 is 24.0 Å². The van der Waals surface area contributed by atoms with Crippen molar-refractivity contribution in [3.63, 3.8) is 0 Å². The number of halogens is 1. The molecule has 4 rings (SSSR count). The minimum Gasteiger partial charge on any atom is -0.459 e. The van der Waals surface area contributed by atoms with E-state index in [1.165, 1.54) is 11.8 Å². The zero-order valence-corrected chi connectivity index (χ0v) is 21.7. The maximum atomic E-state index is 12.5. The van der Waals surface area contributed by atoms with Gasteiger partial charge in [0.2, 0.25) is 0 Å². The predicted molar refractivity (Wildman–Crippen MR) is 143 cm³/mol. The Kier molecular flexibility index (Phi) is 9.96. The molecular weight excluding hydrogens is 543 g/mol. The predicted octanol–water partition coefficient (Wildman–Crippen LogP) is 4.15. The standard InChI is InChI=1S/C26H30N4O3.HI/c1-27-26(30-15-13-29(14-16-30)25(31)24-12-7-17-33-24)28-18-22-10-5-6-11-23(22)20-32-19-21-8-3-2-4-9-21;/h2-12,17H,13-16,18-20H2,1H3,(H,27,28);1H. The van der Waals surface area contributed by atoms with E-state index in [2.05, 4.69) is 39.5 Å². The van der Waals surface area contributed by atoms with Gasteiger partial charge in [-0.1, -0.05) is 54.6 Å². The first-order valence-corrected chi connectivity index (χ1v) is 11.2. The average Bonchev–Trinajstić information content (AvgIpc) is 3.41. The fourth-order valence-electron chi connectivity index (χ4n) is 3.91. The molecule has 1 aromatic heterocycles. The molecule has 0 atom stereocenters. The highest BCUT2D eigenvalue weighted by Gasteiger charge is 2.25. The smallest absolute Gasteiger partial charge is 0.289 e. The summed E-state index contributed by atoms with van der Waals surface area (Å²) in [4.78, 5) is 20.9. The molecule has 2 heterocycles. The van der Waals surface area contributed by atoms with Crippen LogP contribution in [0.5, 0.6) is 0 Å². The van der Waals surface area contributed by atoms with E-state index in [4.69, 9.17) is 9.15 Å². The van der Waals surface area contributed by atoms with Gasteiger partial charge < -0.3 is 24.3 Å². The number of nitrogens with zero attached hydrogens (tertiary/aromatic N) is 3. The molecule has 34 heavy (non-hydrogen) atoms. The zero-order valence-electron chi connectivity index (χ0n) is 19.4. The van der Waals surface area contributed by atoms with Crippen molar-refractivity contribution >= 4 is 35.8 Å². The van der Waals surface area contributed by atoms with Crippen LogP contribution in [0.4, 0.5) is 0 Å². The Morgan fingerprint density at radius 2 is 1.59 bits per heavy atom. The summed E-state index contributed by atoms with van der Waals surface area (Å²) in [5, 5.41) is 3.47. The number of hydrogen-bond acceptors (Lipinski definition) is 4. The number of rotatable bonds is 7. The lowest BCUT2D eigenvalue weighted by atomic mass is 10.1. The van der Waals surface area contributed by atoms with Gasteiger partial charge in [-0.3, -0.25) is 9.79 Å². The van der Waals surface area contributed by atoms with E-state index in [9.17, 15) is 4.79 Å². The summed E-state index contributed by atoms with van der Waals surface area (Å²) in [6.45, 7) is 4.49. The van der Waals surface area contributed by atoms with Crippen LogP contribution in [-0.4, -0.2) is 54.9 Å². The number of carbonyl (C=O) groups excluding carboxylic acids is 1. The second-order valence-electron chi connectivity index (χ2n) is 7.90. The minimum atomic E-state index is -0.0629. The van der Waals surface area contributed by atoms with E-state index >= 15 is 0 Å². The van der Waals surface area contributed by atoms with Crippen molar-refractivity contribution in [1.29, 1.82) is 0 Å². The lowest BCUT2D eigenvalue weighted by Gasteiger charge is -2.36. The third kappa shape index (κ3) is 6.83. The average molecular weight is 574 g/mol. The number of aliphatic imine (C=N–C) groups is 1. The number of carbonyl (C=O) groups is 1. The molecule has 1 aliphatic rings. The van der Waals surface area contributed by atoms with Crippen LogP contribution in [-0.2, 0) is 24.5 Å². The van der Waals surface area contributed by atoms with E-state index < -0.39 is 0 Å². The van der Waals surface area contributed by atoms with E-state index in [1.807, 2.05) is 35.2 Å². The Hall–Kier alpha value is -2.85. The number of benzene rings is 2. The number of amides is 1. The van der Waals surface area contributed by atoms with Crippen LogP contribution in [0.1, 0.15) is 27.2 Å². The fraction of sp³-hybridized carbons (Fsp3) is 0.308. The molecule has 3 aromatic rings. The summed E-state index contributed by atoms with van der Waals surface area (Å²) >= 11 is 0. The molecule has 8 heteroatoms. The molecule has 1 N–H and O–H groups in total. The van der Waals surface area contributed by atoms with Gasteiger partial charge in [-0.05, 0) is 28.8 Å². The summed E-state index contributed by atoms with van der Waals surface area (Å²) in [6.07, 6.45) is 1.53. The molecule has 0 aliphatic carbocycles. The Bertz CT molecular complexity index is 1050. The highest BCUT2D eigenvalue weighted by atomic mass is 127. The third-order valence-corrected chi connectivity index (χ3v) is 5.73. The van der Waals surface area contributed by atoms with Crippen molar-refractivity contribution in [3.05, 3.63) is 95.4 Å². The van der Waals surface area contributed by atoms with Crippen molar-refractivity contribution in [2.45, 2.75) is 19.8 Å². The number of piperazine rings is 1. The highest BCUT2D eigenvalue weighted by molar-refractivity contribution is 14.0. The maximum Gasteiger partial charge on any atom is 0.289 e. The third-order valence-electron chi connectivity index (χ3n) is 5.73. The monoisotopic (exact) mass is 574 g/mol. The SMILES string of the molecule is CN=C(NCc1ccccc1COCc1ccccc1)N1CCN(C(=O)c2ccco2)CC1.I. The zero-order chi connectivity index (χ0) is 22.9. The van der Waals surface area contributed by atoms with Gasteiger partial charge in [-0.25, -0.2) is 0 Å². The van der Waals surface area contributed by atoms with Gasteiger partial charge in [-0.2, -0.15) is 0 Å². The van der Waals surface area contributed by atoms with E-state index in [0.717, 1.165) is 17.1 Å². The molecule has 0 unspecified atom stereocenters. The summed E-state index contributed by atoms with van der Waals surface area (Å²) in [7, 11) is 1.79. The number of guanidine groups is 1. The molecule has 0 radical (unpaired) electrons. The van der Waals surface area contributed by atoms with Crippen LogP contribution in [0.2, 0.25) is 0 Å². The van der Waals surface area contributed by atoms with Gasteiger partial charge in [0.05, 0.1) is 19.5 Å². The minimum absolute atomic E-state index is 0. The van der Waals surface area contributed by atoms with Gasteiger partial charge in [0.15, 0.2) is 11.7 Å². The molecule has 2 aromatic carbocycles. The van der Waals surface area contributed by atoms with Crippen LogP contribution in [0.15, 0.2) is 82.4 Å². The Morgan fingerprint density at radius 3 is 2.26 bits per heavy atom.